The quantitative estimate of drug-likeness (QED) is 0.891. The molecule has 0 amide bonds. The standard InChI is InChI=1S/C15H19N3O2S/c1-4-12-8-5-7-11(2)14(12)18-21(19,20)13-9-6-10-17-15(13)16-3/h5-10,18H,4H2,1-3H3,(H,16,17). The van der Waals surface area contributed by atoms with Crippen molar-refractivity contribution < 1.29 is 8.42 Å². The maximum atomic E-state index is 12.6. The van der Waals surface area contributed by atoms with Crippen molar-refractivity contribution in [3.63, 3.8) is 0 Å². The van der Waals surface area contributed by atoms with Crippen LogP contribution in [0.15, 0.2) is 41.4 Å². The number of hydrogen-bond acceptors (Lipinski definition) is 4. The minimum Gasteiger partial charge on any atom is -0.372 e. The summed E-state index contributed by atoms with van der Waals surface area (Å²) in [5.41, 5.74) is 2.51. The topological polar surface area (TPSA) is 71.1 Å². The van der Waals surface area contributed by atoms with Crippen LogP contribution in [0.3, 0.4) is 0 Å². The Morgan fingerprint density at radius 3 is 2.62 bits per heavy atom. The fourth-order valence-corrected chi connectivity index (χ4v) is 3.49. The van der Waals surface area contributed by atoms with Gasteiger partial charge in [-0.25, -0.2) is 13.4 Å². The van der Waals surface area contributed by atoms with Crippen molar-refractivity contribution >= 4 is 21.5 Å². The van der Waals surface area contributed by atoms with Crippen molar-refractivity contribution in [3.8, 4) is 0 Å². The van der Waals surface area contributed by atoms with E-state index in [1.165, 1.54) is 6.07 Å². The number of nitrogens with one attached hydrogen (secondary N) is 2. The Hall–Kier alpha value is -2.08. The van der Waals surface area contributed by atoms with E-state index in [2.05, 4.69) is 15.0 Å². The Balaban J connectivity index is 2.48. The van der Waals surface area contributed by atoms with Crippen LogP contribution in [0.25, 0.3) is 0 Å². The molecule has 0 saturated heterocycles. The van der Waals surface area contributed by atoms with Crippen molar-refractivity contribution in [2.45, 2.75) is 25.2 Å². The van der Waals surface area contributed by atoms with Crippen molar-refractivity contribution in [3.05, 3.63) is 47.7 Å². The summed E-state index contributed by atoms with van der Waals surface area (Å²) in [6.45, 7) is 3.88. The van der Waals surface area contributed by atoms with Crippen molar-refractivity contribution in [2.75, 3.05) is 17.1 Å². The van der Waals surface area contributed by atoms with E-state index in [1.807, 2.05) is 32.0 Å². The van der Waals surface area contributed by atoms with Crippen LogP contribution < -0.4 is 10.0 Å². The van der Waals surface area contributed by atoms with Gasteiger partial charge in [0.15, 0.2) is 0 Å². The van der Waals surface area contributed by atoms with Crippen LogP contribution in [0, 0.1) is 6.92 Å². The minimum absolute atomic E-state index is 0.137. The number of sulfonamides is 1. The van der Waals surface area contributed by atoms with Crippen LogP contribution in [-0.2, 0) is 16.4 Å². The molecule has 5 nitrogen and oxygen atoms in total. The number of aryl methyl sites for hydroxylation is 2. The van der Waals surface area contributed by atoms with Gasteiger partial charge in [-0.15, -0.1) is 0 Å². The Morgan fingerprint density at radius 2 is 1.95 bits per heavy atom. The number of aromatic nitrogens is 1. The lowest BCUT2D eigenvalue weighted by Gasteiger charge is -2.15. The van der Waals surface area contributed by atoms with Crippen molar-refractivity contribution in [1.82, 2.24) is 4.98 Å². The normalized spacial score (nSPS) is 11.2. The summed E-state index contributed by atoms with van der Waals surface area (Å²) in [6.07, 6.45) is 2.31. The fraction of sp³-hybridized carbons (Fsp3) is 0.267. The molecule has 0 spiro atoms. The Labute approximate surface area is 125 Å². The third-order valence-corrected chi connectivity index (χ3v) is 4.65. The second-order valence-electron chi connectivity index (χ2n) is 4.67. The third kappa shape index (κ3) is 3.16. The highest BCUT2D eigenvalue weighted by atomic mass is 32.2. The van der Waals surface area contributed by atoms with E-state index in [1.54, 1.807) is 19.3 Å². The molecule has 0 radical (unpaired) electrons. The molecule has 0 bridgehead atoms. The zero-order valence-electron chi connectivity index (χ0n) is 12.3. The first-order chi connectivity index (χ1) is 9.99. The van der Waals surface area contributed by atoms with Gasteiger partial charge in [0.2, 0.25) is 0 Å². The van der Waals surface area contributed by atoms with E-state index in [0.29, 0.717) is 11.5 Å². The monoisotopic (exact) mass is 305 g/mol. The van der Waals surface area contributed by atoms with E-state index in [0.717, 1.165) is 17.5 Å². The van der Waals surface area contributed by atoms with E-state index >= 15 is 0 Å². The predicted octanol–water partition coefficient (Wildman–Crippen LogP) is 2.79. The minimum atomic E-state index is -3.69. The molecule has 6 heteroatoms. The van der Waals surface area contributed by atoms with E-state index in [9.17, 15) is 8.42 Å². The second kappa shape index (κ2) is 6.13. The van der Waals surface area contributed by atoms with Crippen LogP contribution in [-0.4, -0.2) is 20.4 Å². The molecule has 2 aromatic rings. The summed E-state index contributed by atoms with van der Waals surface area (Å²) >= 11 is 0. The van der Waals surface area contributed by atoms with Gasteiger partial charge in [-0.1, -0.05) is 25.1 Å². The number of rotatable bonds is 5. The van der Waals surface area contributed by atoms with Crippen molar-refractivity contribution in [1.29, 1.82) is 0 Å². The van der Waals surface area contributed by atoms with Gasteiger partial charge in [0.25, 0.3) is 10.0 Å². The van der Waals surface area contributed by atoms with Gasteiger partial charge < -0.3 is 5.32 Å². The smallest absolute Gasteiger partial charge is 0.265 e. The van der Waals surface area contributed by atoms with Gasteiger partial charge in [0.05, 0.1) is 5.69 Å². The second-order valence-corrected chi connectivity index (χ2v) is 6.32. The van der Waals surface area contributed by atoms with Gasteiger partial charge in [0.1, 0.15) is 10.7 Å². The maximum Gasteiger partial charge on any atom is 0.265 e. The first kappa shape index (κ1) is 15.3. The van der Waals surface area contributed by atoms with Gasteiger partial charge in [-0.05, 0) is 36.6 Å². The largest absolute Gasteiger partial charge is 0.372 e. The summed E-state index contributed by atoms with van der Waals surface area (Å²) in [5, 5.41) is 2.80. The highest BCUT2D eigenvalue weighted by molar-refractivity contribution is 7.92. The van der Waals surface area contributed by atoms with Crippen LogP contribution >= 0.6 is 0 Å². The van der Waals surface area contributed by atoms with Gasteiger partial charge >= 0.3 is 0 Å². The van der Waals surface area contributed by atoms with Gasteiger partial charge in [-0.2, -0.15) is 0 Å². The maximum absolute atomic E-state index is 12.6. The van der Waals surface area contributed by atoms with Crippen LogP contribution in [0.5, 0.6) is 0 Å². The van der Waals surface area contributed by atoms with Gasteiger partial charge in [-0.3, -0.25) is 4.72 Å². The summed E-state index contributed by atoms with van der Waals surface area (Å²) < 4.78 is 27.9. The molecule has 0 aliphatic rings. The first-order valence-corrected chi connectivity index (χ1v) is 8.22. The Kier molecular flexibility index (Phi) is 4.47. The van der Waals surface area contributed by atoms with E-state index < -0.39 is 10.0 Å². The predicted molar refractivity (Wildman–Crippen MR) is 85.1 cm³/mol. The summed E-state index contributed by atoms with van der Waals surface area (Å²) in [5.74, 6) is 0.330. The number of hydrogen-bond donors (Lipinski definition) is 2. The zero-order chi connectivity index (χ0) is 15.5. The number of nitrogens with zero attached hydrogens (tertiary/aromatic N) is 1. The summed E-state index contributed by atoms with van der Waals surface area (Å²) in [4.78, 5) is 4.18. The van der Waals surface area contributed by atoms with Crippen LogP contribution in [0.1, 0.15) is 18.1 Å². The molecule has 2 rings (SSSR count). The number of benzene rings is 1. The zero-order valence-corrected chi connectivity index (χ0v) is 13.2. The molecule has 1 aromatic heterocycles. The lowest BCUT2D eigenvalue weighted by Crippen LogP contribution is -2.17. The SMILES string of the molecule is CCc1cccc(C)c1NS(=O)(=O)c1cccnc1NC. The molecule has 21 heavy (non-hydrogen) atoms. The first-order valence-electron chi connectivity index (χ1n) is 6.73. The molecule has 2 N–H and O–H groups in total. The van der Waals surface area contributed by atoms with Crippen LogP contribution in [0.4, 0.5) is 11.5 Å². The van der Waals surface area contributed by atoms with E-state index in [4.69, 9.17) is 0 Å². The molecule has 0 aliphatic carbocycles. The summed E-state index contributed by atoms with van der Waals surface area (Å²) in [6, 6.07) is 8.88. The highest BCUT2D eigenvalue weighted by Gasteiger charge is 2.20. The van der Waals surface area contributed by atoms with E-state index in [-0.39, 0.29) is 4.90 Å². The molecular weight excluding hydrogens is 286 g/mol. The average molecular weight is 305 g/mol. The third-order valence-electron chi connectivity index (χ3n) is 3.27. The molecule has 0 fully saturated rings. The van der Waals surface area contributed by atoms with Crippen molar-refractivity contribution in [2.24, 2.45) is 0 Å². The number of pyridine rings is 1. The molecule has 1 heterocycles. The molecule has 1 aromatic carbocycles. The highest BCUT2D eigenvalue weighted by Crippen LogP contribution is 2.26. The number of para-hydroxylation sites is 1. The molecule has 112 valence electrons. The Morgan fingerprint density at radius 1 is 1.19 bits per heavy atom. The molecule has 0 saturated carbocycles. The lowest BCUT2D eigenvalue weighted by molar-refractivity contribution is 0.601. The Bertz CT molecular complexity index is 742. The molecule has 0 aliphatic heterocycles. The number of anilines is 2. The van der Waals surface area contributed by atoms with Crippen LogP contribution in [0.2, 0.25) is 0 Å². The average Bonchev–Trinajstić information content (AvgIpc) is 2.49. The molecule has 0 atom stereocenters. The molecular formula is C15H19N3O2S. The lowest BCUT2D eigenvalue weighted by atomic mass is 10.1. The fourth-order valence-electron chi connectivity index (χ4n) is 2.15. The molecule has 0 unspecified atom stereocenters. The summed E-state index contributed by atoms with van der Waals surface area (Å²) in [7, 11) is -2.04. The van der Waals surface area contributed by atoms with Gasteiger partial charge in [0, 0.05) is 13.2 Å².